The summed E-state index contributed by atoms with van der Waals surface area (Å²) < 4.78 is 34.7. The fraction of sp³-hybridized carbons (Fsp3) is 0.450. The highest BCUT2D eigenvalue weighted by atomic mass is 19.1. The lowest BCUT2D eigenvalue weighted by Crippen LogP contribution is -2.69. The molecule has 0 spiro atoms. The van der Waals surface area contributed by atoms with E-state index >= 15 is 0 Å². The molecule has 1 aliphatic heterocycles. The molecule has 4 aliphatic rings. The van der Waals surface area contributed by atoms with Crippen molar-refractivity contribution in [3.8, 4) is 5.75 Å². The molecule has 3 saturated carbocycles. The predicted octanol–water partition coefficient (Wildman–Crippen LogP) is 3.21. The van der Waals surface area contributed by atoms with Gasteiger partial charge in [0, 0.05) is 31.2 Å². The van der Waals surface area contributed by atoms with Crippen LogP contribution in [0.15, 0.2) is 35.7 Å². The third kappa shape index (κ3) is 2.62. The molecule has 0 N–H and O–H groups in total. The zero-order valence-corrected chi connectivity index (χ0v) is 15.4. The zero-order valence-electron chi connectivity index (χ0n) is 15.4. The van der Waals surface area contributed by atoms with Crippen LogP contribution >= 0.6 is 0 Å². The van der Waals surface area contributed by atoms with E-state index in [9.17, 15) is 13.6 Å². The van der Waals surface area contributed by atoms with E-state index in [2.05, 4.69) is 10.2 Å². The molecule has 146 valence electrons. The maximum absolute atomic E-state index is 13.6. The van der Waals surface area contributed by atoms with E-state index in [1.54, 1.807) is 17.1 Å². The van der Waals surface area contributed by atoms with Gasteiger partial charge in [-0.05, 0) is 37.0 Å². The van der Waals surface area contributed by atoms with Crippen molar-refractivity contribution in [1.82, 2.24) is 14.8 Å². The Morgan fingerprint density at radius 3 is 2.61 bits per heavy atom. The summed E-state index contributed by atoms with van der Waals surface area (Å²) >= 11 is 0. The normalized spacial score (nSPS) is 30.1. The van der Waals surface area contributed by atoms with Gasteiger partial charge in [-0.2, -0.15) is 10.2 Å². The van der Waals surface area contributed by atoms with Gasteiger partial charge in [0.2, 0.25) is 5.91 Å². The first-order chi connectivity index (χ1) is 13.4. The molecule has 6 nitrogen and oxygen atoms in total. The molecule has 28 heavy (non-hydrogen) atoms. The van der Waals surface area contributed by atoms with Crippen LogP contribution in [0.1, 0.15) is 37.3 Å². The number of carbonyl (C=O) groups excluding carboxylic acids is 1. The van der Waals surface area contributed by atoms with E-state index in [4.69, 9.17) is 4.74 Å². The topological polar surface area (TPSA) is 59.7 Å². The Labute approximate surface area is 160 Å². The van der Waals surface area contributed by atoms with Gasteiger partial charge in [0.15, 0.2) is 5.75 Å². The third-order valence-corrected chi connectivity index (χ3v) is 6.13. The van der Waals surface area contributed by atoms with Crippen LogP contribution in [0, 0.1) is 22.5 Å². The molecule has 0 saturated heterocycles. The first-order valence-corrected chi connectivity index (χ1v) is 9.32. The van der Waals surface area contributed by atoms with Gasteiger partial charge in [-0.15, -0.1) is 0 Å². The van der Waals surface area contributed by atoms with Crippen LogP contribution < -0.4 is 4.74 Å². The number of carbonyl (C=O) groups is 1. The molecule has 3 fully saturated rings. The van der Waals surface area contributed by atoms with Crippen LogP contribution in [0.4, 0.5) is 8.78 Å². The second-order valence-corrected chi connectivity index (χ2v) is 8.35. The number of hydrogen-bond acceptors (Lipinski definition) is 4. The molecule has 6 rings (SSSR count). The van der Waals surface area contributed by atoms with Gasteiger partial charge in [-0.3, -0.25) is 9.48 Å². The SMILES string of the molecule is Cn1cc(OCC23CC(C(=O)N4N=CCC4c4cc(F)cc(F)c4)(C2)C3)cn1. The molecule has 3 aliphatic carbocycles. The molecule has 2 heterocycles. The third-order valence-electron chi connectivity index (χ3n) is 6.13. The standard InChI is InChI=1S/C20H20F2N4O2/c1-25-8-16(7-24-25)28-12-19-9-20(10-19,11-19)18(27)26-17(2-3-23-26)13-4-14(21)6-15(22)5-13/h3-8,17H,2,9-12H2,1H3. The van der Waals surface area contributed by atoms with Crippen molar-refractivity contribution in [3.05, 3.63) is 47.8 Å². The van der Waals surface area contributed by atoms with Crippen molar-refractivity contribution >= 4 is 12.1 Å². The maximum atomic E-state index is 13.6. The lowest BCUT2D eigenvalue weighted by atomic mass is 9.35. The number of rotatable bonds is 5. The highest BCUT2D eigenvalue weighted by Gasteiger charge is 2.72. The van der Waals surface area contributed by atoms with Gasteiger partial charge < -0.3 is 4.74 Å². The Morgan fingerprint density at radius 2 is 1.96 bits per heavy atom. The molecule has 1 aromatic heterocycles. The number of halogens is 2. The van der Waals surface area contributed by atoms with E-state index in [-0.39, 0.29) is 11.3 Å². The van der Waals surface area contributed by atoms with Crippen LogP contribution in [0.3, 0.4) is 0 Å². The van der Waals surface area contributed by atoms with Crippen LogP contribution in [0.25, 0.3) is 0 Å². The van der Waals surface area contributed by atoms with Crippen molar-refractivity contribution in [2.45, 2.75) is 31.7 Å². The number of hydrazone groups is 1. The van der Waals surface area contributed by atoms with Crippen molar-refractivity contribution in [1.29, 1.82) is 0 Å². The Bertz CT molecular complexity index is 946. The minimum absolute atomic E-state index is 0.0371. The first kappa shape index (κ1) is 17.3. The number of nitrogens with zero attached hydrogens (tertiary/aromatic N) is 4. The predicted molar refractivity (Wildman–Crippen MR) is 96.5 cm³/mol. The number of ether oxygens (including phenoxy) is 1. The molecule has 0 radical (unpaired) electrons. The second kappa shape index (κ2) is 5.86. The van der Waals surface area contributed by atoms with Crippen LogP contribution in [0.5, 0.6) is 5.75 Å². The fourth-order valence-corrected chi connectivity index (χ4v) is 4.98. The van der Waals surface area contributed by atoms with Crippen LogP contribution in [0.2, 0.25) is 0 Å². The van der Waals surface area contributed by atoms with E-state index < -0.39 is 23.1 Å². The zero-order chi connectivity index (χ0) is 19.5. The Hall–Kier alpha value is -2.77. The van der Waals surface area contributed by atoms with Gasteiger partial charge >= 0.3 is 0 Å². The lowest BCUT2D eigenvalue weighted by molar-refractivity contribution is -0.226. The van der Waals surface area contributed by atoms with Gasteiger partial charge in [0.05, 0.1) is 30.5 Å². The summed E-state index contributed by atoms with van der Waals surface area (Å²) in [5.41, 5.74) is 0.0593. The van der Waals surface area contributed by atoms with Gasteiger partial charge in [0.25, 0.3) is 0 Å². The number of aryl methyl sites for hydroxylation is 1. The number of aromatic nitrogens is 2. The quantitative estimate of drug-likeness (QED) is 0.793. The van der Waals surface area contributed by atoms with Gasteiger partial charge in [-0.25, -0.2) is 13.8 Å². The number of amides is 1. The molecule has 1 unspecified atom stereocenters. The van der Waals surface area contributed by atoms with E-state index in [1.807, 2.05) is 13.2 Å². The maximum Gasteiger partial charge on any atom is 0.249 e. The Balaban J connectivity index is 1.24. The Kier molecular flexibility index (Phi) is 3.63. The fourth-order valence-electron chi connectivity index (χ4n) is 4.98. The highest BCUT2D eigenvalue weighted by molar-refractivity contribution is 5.88. The minimum Gasteiger partial charge on any atom is -0.490 e. The molecule has 2 aromatic rings. The summed E-state index contributed by atoms with van der Waals surface area (Å²) in [6.45, 7) is 0.565. The van der Waals surface area contributed by atoms with Crippen molar-refractivity contribution in [2.24, 2.45) is 23.0 Å². The average molecular weight is 386 g/mol. The summed E-state index contributed by atoms with van der Waals surface area (Å²) in [6.07, 6.45) is 7.86. The molecule has 1 atom stereocenters. The number of hydrogen-bond donors (Lipinski definition) is 0. The van der Waals surface area contributed by atoms with E-state index in [0.717, 1.165) is 31.1 Å². The summed E-state index contributed by atoms with van der Waals surface area (Å²) in [5, 5.41) is 9.71. The summed E-state index contributed by atoms with van der Waals surface area (Å²) in [7, 11) is 1.83. The molecule has 2 bridgehead atoms. The van der Waals surface area contributed by atoms with E-state index in [0.29, 0.717) is 18.6 Å². The van der Waals surface area contributed by atoms with Gasteiger partial charge in [0.1, 0.15) is 11.6 Å². The van der Waals surface area contributed by atoms with E-state index in [1.165, 1.54) is 17.1 Å². The molecule has 8 heteroatoms. The van der Waals surface area contributed by atoms with Crippen molar-refractivity contribution in [3.63, 3.8) is 0 Å². The second-order valence-electron chi connectivity index (χ2n) is 8.35. The highest BCUT2D eigenvalue weighted by Crippen LogP contribution is 2.74. The number of benzene rings is 1. The smallest absolute Gasteiger partial charge is 0.249 e. The van der Waals surface area contributed by atoms with Crippen molar-refractivity contribution in [2.75, 3.05) is 6.61 Å². The van der Waals surface area contributed by atoms with Crippen LogP contribution in [-0.2, 0) is 11.8 Å². The molecule has 1 amide bonds. The first-order valence-electron chi connectivity index (χ1n) is 9.32. The summed E-state index contributed by atoms with van der Waals surface area (Å²) in [5.74, 6) is -0.623. The van der Waals surface area contributed by atoms with Gasteiger partial charge in [-0.1, -0.05) is 0 Å². The molecule has 1 aromatic carbocycles. The molecular formula is C20H20F2N4O2. The summed E-state index contributed by atoms with van der Waals surface area (Å²) in [6, 6.07) is 2.93. The Morgan fingerprint density at radius 1 is 1.25 bits per heavy atom. The largest absolute Gasteiger partial charge is 0.490 e. The van der Waals surface area contributed by atoms with Crippen LogP contribution in [-0.4, -0.2) is 33.5 Å². The monoisotopic (exact) mass is 386 g/mol. The average Bonchev–Trinajstić information content (AvgIpc) is 3.20. The van der Waals surface area contributed by atoms with Crippen molar-refractivity contribution < 1.29 is 18.3 Å². The molecular weight excluding hydrogens is 366 g/mol. The summed E-state index contributed by atoms with van der Waals surface area (Å²) in [4.78, 5) is 13.1. The lowest BCUT2D eigenvalue weighted by Gasteiger charge is -2.69. The minimum atomic E-state index is -0.647.